The number of carboxylic acid groups (broad SMARTS) is 2. The van der Waals surface area contributed by atoms with E-state index < -0.39 is 42.1 Å². The molecule has 19 nitrogen and oxygen atoms in total. The Hall–Kier alpha value is -9.02. The lowest BCUT2D eigenvalue weighted by Crippen LogP contribution is -2.40. The molecule has 8 N–H and O–H groups in total. The number of nitrogens with two attached hydrogens (primary N) is 1. The summed E-state index contributed by atoms with van der Waals surface area (Å²) >= 11 is 15.5. The molecule has 2 heterocycles. The van der Waals surface area contributed by atoms with Crippen LogP contribution in [-0.4, -0.2) is 111 Å². The van der Waals surface area contributed by atoms with Crippen molar-refractivity contribution in [3.05, 3.63) is 238 Å². The second-order valence-corrected chi connectivity index (χ2v) is 20.8. The van der Waals surface area contributed by atoms with Gasteiger partial charge < -0.3 is 46.3 Å². The zero-order valence-corrected chi connectivity index (χ0v) is 49.4. The summed E-state index contributed by atoms with van der Waals surface area (Å²) in [7, 11) is 0. The van der Waals surface area contributed by atoms with Crippen molar-refractivity contribution in [3.8, 4) is 22.3 Å². The zero-order valence-electron chi connectivity index (χ0n) is 46.3. The molecular weight excluding hydrogens is 1210 g/mol. The Kier molecular flexibility index (Phi) is 24.2. The molecule has 0 spiro atoms. The molecule has 0 aliphatic heterocycles. The van der Waals surface area contributed by atoms with E-state index in [4.69, 9.17) is 48.8 Å². The normalized spacial score (nSPS) is 12.1. The number of alkyl halides is 1. The van der Waals surface area contributed by atoms with Gasteiger partial charge in [-0.2, -0.15) is 0 Å². The van der Waals surface area contributed by atoms with Crippen molar-refractivity contribution in [1.29, 1.82) is 0 Å². The highest BCUT2D eigenvalue weighted by atomic mass is 79.9. The number of nitrogens with zero attached hydrogens (tertiary/aromatic N) is 6. The molecule has 8 aromatic carbocycles. The van der Waals surface area contributed by atoms with Crippen molar-refractivity contribution >= 4 is 85.0 Å². The lowest BCUT2D eigenvalue weighted by atomic mass is 9.97. The fourth-order valence-electron chi connectivity index (χ4n) is 8.58. The predicted molar refractivity (Wildman–Crippen MR) is 331 cm³/mol. The topological polar surface area (TPSA) is 287 Å². The van der Waals surface area contributed by atoms with E-state index >= 15 is 0 Å². The summed E-state index contributed by atoms with van der Waals surface area (Å²) in [6.07, 6.45) is -1.91. The number of benzene rings is 8. The van der Waals surface area contributed by atoms with Crippen LogP contribution in [0, 0.1) is 0 Å². The largest absolute Gasteiger partial charge is 0.479 e. The number of aromatic nitrogens is 6. The SMILES string of the molecule is BrCc1ccccc1.CCOC(=O)[C@H](O)C[C@H](N)Cc1ccc(-c2cccc(Cl)c2)cc1.O=C(N[C@H](Cc1ccc(-c2cccc(Cl)c2)cc1)C[C@@H](O)C(=O)O)c1ccc2nnn(OCc3ccccc3)c2c1.O=C(O)c1ccc2nnn(O)c2c1. The average molecular weight is 1270 g/mol. The molecule has 0 unspecified atom stereocenters. The molecular formula is C64H61BrCl2N8O11. The van der Waals surface area contributed by atoms with Gasteiger partial charge in [-0.15, -0.1) is 10.2 Å². The molecule has 4 atom stereocenters. The molecule has 0 saturated carbocycles. The Balaban J connectivity index is 0.000000195. The number of halogens is 3. The number of carbonyl (C=O) groups is 4. The van der Waals surface area contributed by atoms with Gasteiger partial charge in [-0.25, -0.2) is 14.4 Å². The van der Waals surface area contributed by atoms with Gasteiger partial charge in [-0.1, -0.05) is 182 Å². The van der Waals surface area contributed by atoms with E-state index in [1.165, 1.54) is 28.6 Å². The van der Waals surface area contributed by atoms with Crippen LogP contribution in [0.15, 0.2) is 194 Å². The van der Waals surface area contributed by atoms with Crippen LogP contribution in [0.25, 0.3) is 44.3 Å². The maximum Gasteiger partial charge on any atom is 0.335 e. The number of fused-ring (bicyclic) bond motifs is 2. The predicted octanol–water partition coefficient (Wildman–Crippen LogP) is 10.7. The first kappa shape index (κ1) is 64.5. The number of amides is 1. The van der Waals surface area contributed by atoms with Crippen LogP contribution in [0.5, 0.6) is 0 Å². The number of rotatable bonds is 20. The van der Waals surface area contributed by atoms with Gasteiger partial charge in [-0.3, -0.25) is 4.79 Å². The van der Waals surface area contributed by atoms with Crippen LogP contribution >= 0.6 is 39.1 Å². The third-order valence-corrected chi connectivity index (χ3v) is 14.1. The molecule has 0 fully saturated rings. The van der Waals surface area contributed by atoms with Crippen LogP contribution < -0.4 is 15.9 Å². The van der Waals surface area contributed by atoms with Crippen molar-refractivity contribution in [2.24, 2.45) is 5.73 Å². The molecule has 10 rings (SSSR count). The number of hydrogen-bond acceptors (Lipinski definition) is 14. The zero-order chi connectivity index (χ0) is 61.5. The minimum Gasteiger partial charge on any atom is -0.479 e. The number of aliphatic hydroxyl groups is 2. The Morgan fingerprint density at radius 2 is 1.13 bits per heavy atom. The maximum absolute atomic E-state index is 13.3. The van der Waals surface area contributed by atoms with Gasteiger partial charge in [-0.05, 0) is 142 Å². The third-order valence-electron chi connectivity index (χ3n) is 13.0. The maximum atomic E-state index is 13.3. The summed E-state index contributed by atoms with van der Waals surface area (Å²) in [5.41, 5.74) is 16.5. The number of hydrogen-bond donors (Lipinski definition) is 7. The number of ether oxygens (including phenoxy) is 1. The summed E-state index contributed by atoms with van der Waals surface area (Å²) in [5.74, 6) is -3.46. The number of aromatic carboxylic acids is 1. The Bertz CT molecular complexity index is 3820. The van der Waals surface area contributed by atoms with E-state index in [0.29, 0.717) is 49.8 Å². The molecule has 0 aliphatic rings. The fraction of sp³-hybridized carbons (Fsp3) is 0.188. The Morgan fingerprint density at radius 1 is 0.593 bits per heavy atom. The highest BCUT2D eigenvalue weighted by Crippen LogP contribution is 2.26. The summed E-state index contributed by atoms with van der Waals surface area (Å²) in [4.78, 5) is 54.2. The highest BCUT2D eigenvalue weighted by molar-refractivity contribution is 9.08. The smallest absolute Gasteiger partial charge is 0.335 e. The number of carbonyl (C=O) groups excluding carboxylic acids is 2. The number of esters is 1. The van der Waals surface area contributed by atoms with Crippen LogP contribution in [0.1, 0.15) is 62.7 Å². The molecule has 86 heavy (non-hydrogen) atoms. The van der Waals surface area contributed by atoms with Crippen LogP contribution in [-0.2, 0) is 39.1 Å². The van der Waals surface area contributed by atoms with E-state index in [2.05, 4.69) is 54.0 Å². The standard InChI is InChI=1S/C31H27ClN4O5.C19H22ClNO3.C7H7Br.C7H5N3O3/c32-25-8-4-7-23(16-25)22-11-9-20(10-12-22)15-26(18-29(37)31(39)40)33-30(38)24-13-14-27-28(17-24)36(35-34-27)41-19-21-5-2-1-3-6-21;1-2-24-19(23)18(22)12-17(21)10-13-6-8-14(9-7-13)15-4-3-5-16(20)11-15;8-6-7-4-2-1-3-5-7;11-7(12)4-1-2-5-6(3-4)10(13)9-8-5/h1-14,16-17,26,29,37H,15,18-19H2,(H,33,38)(H,39,40);3-9,11,17-18,22H,2,10,12,21H2,1H3;1-5H,6H2;1-3,13H,(H,11,12)/t26-,29-;17-,18-;;/m11../s1. The average Bonchev–Trinajstić information content (AvgIpc) is 4.31. The second kappa shape index (κ2) is 32.3. The number of nitrogens with one attached hydrogen (secondary N) is 1. The van der Waals surface area contributed by atoms with Gasteiger partial charge in [0.25, 0.3) is 5.91 Å². The van der Waals surface area contributed by atoms with Gasteiger partial charge in [0, 0.05) is 39.4 Å². The van der Waals surface area contributed by atoms with Gasteiger partial charge in [0.05, 0.1) is 12.2 Å². The quantitative estimate of drug-likeness (QED) is 0.0212. The molecule has 10 aromatic rings. The van der Waals surface area contributed by atoms with E-state index in [0.717, 1.165) is 44.3 Å². The monoisotopic (exact) mass is 1270 g/mol. The summed E-state index contributed by atoms with van der Waals surface area (Å²) in [6.45, 7) is 2.21. The summed E-state index contributed by atoms with van der Waals surface area (Å²) < 4.78 is 4.77. The van der Waals surface area contributed by atoms with Gasteiger partial charge >= 0.3 is 17.9 Å². The van der Waals surface area contributed by atoms with Gasteiger partial charge in [0.2, 0.25) is 0 Å². The minimum atomic E-state index is -1.63. The summed E-state index contributed by atoms with van der Waals surface area (Å²) in [6, 6.07) is 58.8. The number of aliphatic hydroxyl groups excluding tert-OH is 2. The molecule has 22 heteroatoms. The van der Waals surface area contributed by atoms with E-state index in [9.17, 15) is 34.5 Å². The third kappa shape index (κ3) is 19.5. The first-order valence-corrected chi connectivity index (χ1v) is 28.8. The van der Waals surface area contributed by atoms with Crippen molar-refractivity contribution in [2.45, 2.75) is 68.8 Å². The molecule has 0 aliphatic carbocycles. The molecule has 0 saturated heterocycles. The van der Waals surface area contributed by atoms with Gasteiger partial charge in [0.1, 0.15) is 28.7 Å². The van der Waals surface area contributed by atoms with Crippen molar-refractivity contribution in [2.75, 3.05) is 6.61 Å². The lowest BCUT2D eigenvalue weighted by molar-refractivity contribution is -0.153. The highest BCUT2D eigenvalue weighted by Gasteiger charge is 2.24. The van der Waals surface area contributed by atoms with E-state index in [-0.39, 0.29) is 43.2 Å². The van der Waals surface area contributed by atoms with Crippen molar-refractivity contribution in [3.63, 3.8) is 0 Å². The molecule has 1 amide bonds. The molecule has 0 bridgehead atoms. The Morgan fingerprint density at radius 3 is 1.66 bits per heavy atom. The molecule has 444 valence electrons. The molecule has 2 aromatic heterocycles. The van der Waals surface area contributed by atoms with E-state index in [1.807, 2.05) is 140 Å². The minimum absolute atomic E-state index is 0.0881. The number of carboxylic acids is 2. The first-order chi connectivity index (χ1) is 41.5. The van der Waals surface area contributed by atoms with Crippen LogP contribution in [0.2, 0.25) is 10.0 Å². The fourth-order valence-corrected chi connectivity index (χ4v) is 9.33. The Labute approximate surface area is 513 Å². The first-order valence-electron chi connectivity index (χ1n) is 26.9. The summed E-state index contributed by atoms with van der Waals surface area (Å²) in [5, 5.41) is 67.0. The lowest BCUT2D eigenvalue weighted by Gasteiger charge is -2.21. The van der Waals surface area contributed by atoms with Crippen molar-refractivity contribution < 1.29 is 54.4 Å². The van der Waals surface area contributed by atoms with Gasteiger partial charge in [0.15, 0.2) is 12.2 Å². The second-order valence-electron chi connectivity index (χ2n) is 19.4. The van der Waals surface area contributed by atoms with Crippen LogP contribution in [0.4, 0.5) is 0 Å². The number of aliphatic carboxylic acids is 1. The van der Waals surface area contributed by atoms with Crippen molar-refractivity contribution in [1.82, 2.24) is 35.6 Å². The van der Waals surface area contributed by atoms with E-state index in [1.54, 1.807) is 31.2 Å². The van der Waals surface area contributed by atoms with Crippen LogP contribution in [0.3, 0.4) is 0 Å². The molecule has 0 radical (unpaired) electrons.